The van der Waals surface area contributed by atoms with Gasteiger partial charge in [0.1, 0.15) is 5.75 Å². The molecule has 118 valence electrons. The highest BCUT2D eigenvalue weighted by Crippen LogP contribution is 2.25. The minimum absolute atomic E-state index is 0.0509. The largest absolute Gasteiger partial charge is 0.496 e. The van der Waals surface area contributed by atoms with Crippen molar-refractivity contribution in [1.29, 1.82) is 0 Å². The highest BCUT2D eigenvalue weighted by molar-refractivity contribution is 7.13. The lowest BCUT2D eigenvalue weighted by Crippen LogP contribution is -2.17. The van der Waals surface area contributed by atoms with E-state index in [9.17, 15) is 9.59 Å². The van der Waals surface area contributed by atoms with Crippen LogP contribution < -0.4 is 10.5 Å². The van der Waals surface area contributed by atoms with Crippen molar-refractivity contribution in [3.05, 3.63) is 57.4 Å². The average molecular weight is 330 g/mol. The molecule has 0 fully saturated rings. The highest BCUT2D eigenvalue weighted by Gasteiger charge is 2.16. The first-order chi connectivity index (χ1) is 11.1. The van der Waals surface area contributed by atoms with Crippen LogP contribution in [0.2, 0.25) is 0 Å². The lowest BCUT2D eigenvalue weighted by Gasteiger charge is -2.10. The van der Waals surface area contributed by atoms with Crippen LogP contribution in [0.5, 0.6) is 5.75 Å². The molecule has 23 heavy (non-hydrogen) atoms. The third kappa shape index (κ3) is 2.95. The summed E-state index contributed by atoms with van der Waals surface area (Å²) in [6.45, 7) is 1.70. The van der Waals surface area contributed by atoms with E-state index in [1.165, 1.54) is 22.8 Å². The zero-order valence-electron chi connectivity index (χ0n) is 12.6. The molecule has 0 aliphatic carbocycles. The molecule has 7 heteroatoms. The number of carbonyl (C=O) groups excluding carboxylic acids is 1. The summed E-state index contributed by atoms with van der Waals surface area (Å²) < 4.78 is 11.5. The minimum Gasteiger partial charge on any atom is -0.496 e. The number of thiophene rings is 1. The summed E-state index contributed by atoms with van der Waals surface area (Å²) in [6, 6.07) is 8.87. The second kappa shape index (κ2) is 6.21. The summed E-state index contributed by atoms with van der Waals surface area (Å²) in [5, 5.41) is 5.74. The number of ether oxygens (including phenoxy) is 1. The first-order valence-corrected chi connectivity index (χ1v) is 7.76. The van der Waals surface area contributed by atoms with Crippen LogP contribution >= 0.6 is 11.3 Å². The number of Topliss-reactive ketones (excluding diaryl/α,β-unsaturated/α-hetero) is 1. The Bertz CT molecular complexity index is 893. The Morgan fingerprint density at radius 1 is 1.39 bits per heavy atom. The van der Waals surface area contributed by atoms with E-state index in [1.807, 2.05) is 17.5 Å². The van der Waals surface area contributed by atoms with E-state index in [4.69, 9.17) is 9.26 Å². The van der Waals surface area contributed by atoms with E-state index >= 15 is 0 Å². The van der Waals surface area contributed by atoms with Crippen molar-refractivity contribution in [2.45, 2.75) is 13.5 Å². The second-order valence-electron chi connectivity index (χ2n) is 4.92. The number of ketones is 1. The molecule has 3 rings (SSSR count). The van der Waals surface area contributed by atoms with Crippen LogP contribution in [0.4, 0.5) is 0 Å². The fourth-order valence-corrected chi connectivity index (χ4v) is 3.00. The Hall–Kier alpha value is -2.67. The molecule has 0 saturated carbocycles. The molecular formula is C16H14N2O4S. The first kappa shape index (κ1) is 15.2. The lowest BCUT2D eigenvalue weighted by atomic mass is 10.1. The average Bonchev–Trinajstić information content (AvgIpc) is 3.18. The Balaban J connectivity index is 2.06. The summed E-state index contributed by atoms with van der Waals surface area (Å²) in [4.78, 5) is 24.4. The molecule has 0 aliphatic heterocycles. The van der Waals surface area contributed by atoms with Gasteiger partial charge in [0.15, 0.2) is 11.6 Å². The van der Waals surface area contributed by atoms with Gasteiger partial charge in [0.2, 0.25) is 0 Å². The van der Waals surface area contributed by atoms with E-state index in [2.05, 4.69) is 5.16 Å². The van der Waals surface area contributed by atoms with Gasteiger partial charge < -0.3 is 4.74 Å². The quantitative estimate of drug-likeness (QED) is 0.673. The molecule has 0 saturated heterocycles. The predicted octanol–water partition coefficient (Wildman–Crippen LogP) is 2.82. The van der Waals surface area contributed by atoms with Gasteiger partial charge in [0.25, 0.3) is 0 Å². The number of hydrogen-bond donors (Lipinski definition) is 0. The van der Waals surface area contributed by atoms with Crippen LogP contribution in [-0.2, 0) is 6.54 Å². The van der Waals surface area contributed by atoms with Crippen LogP contribution in [0.25, 0.3) is 10.7 Å². The maximum Gasteiger partial charge on any atom is 0.442 e. The van der Waals surface area contributed by atoms with Crippen LogP contribution in [0.15, 0.2) is 45.0 Å². The molecule has 0 N–H and O–H groups in total. The lowest BCUT2D eigenvalue weighted by molar-refractivity contribution is 0.101. The van der Waals surface area contributed by atoms with E-state index in [-0.39, 0.29) is 12.3 Å². The van der Waals surface area contributed by atoms with Gasteiger partial charge in [-0.25, -0.2) is 4.79 Å². The van der Waals surface area contributed by atoms with Gasteiger partial charge >= 0.3 is 5.76 Å². The van der Waals surface area contributed by atoms with Gasteiger partial charge in [-0.2, -0.15) is 0 Å². The Kier molecular flexibility index (Phi) is 4.12. The summed E-state index contributed by atoms with van der Waals surface area (Å²) >= 11 is 1.46. The molecule has 1 aromatic carbocycles. The molecular weight excluding hydrogens is 316 g/mol. The van der Waals surface area contributed by atoms with Gasteiger partial charge in [-0.1, -0.05) is 11.2 Å². The highest BCUT2D eigenvalue weighted by atomic mass is 32.1. The maximum atomic E-state index is 12.0. The van der Waals surface area contributed by atoms with E-state index in [1.54, 1.807) is 25.3 Å². The van der Waals surface area contributed by atoms with Crippen molar-refractivity contribution in [3.63, 3.8) is 0 Å². The van der Waals surface area contributed by atoms with Gasteiger partial charge in [-0.05, 0) is 36.6 Å². The fraction of sp³-hybridized carbons (Fsp3) is 0.188. The molecule has 0 aliphatic rings. The zero-order valence-corrected chi connectivity index (χ0v) is 13.4. The molecule has 0 atom stereocenters. The second-order valence-corrected chi connectivity index (χ2v) is 5.87. The molecule has 0 spiro atoms. The molecule has 0 unspecified atom stereocenters. The van der Waals surface area contributed by atoms with E-state index in [0.717, 1.165) is 4.88 Å². The SMILES string of the molecule is COc1ccc(C(C)=O)cc1Cn1c(-c2cccs2)noc1=O. The van der Waals surface area contributed by atoms with Crippen LogP contribution in [-0.4, -0.2) is 22.6 Å². The maximum absolute atomic E-state index is 12.0. The standard InChI is InChI=1S/C16H14N2O4S/c1-10(19)11-5-6-13(21-2)12(8-11)9-18-15(17-22-16(18)20)14-4-3-7-23-14/h3-8H,9H2,1-2H3. The van der Waals surface area contributed by atoms with Crippen molar-refractivity contribution in [3.8, 4) is 16.5 Å². The normalized spacial score (nSPS) is 10.7. The van der Waals surface area contributed by atoms with Crippen molar-refractivity contribution >= 4 is 17.1 Å². The molecule has 2 heterocycles. The molecule has 2 aromatic heterocycles. The third-order valence-corrected chi connectivity index (χ3v) is 4.31. The molecule has 0 bridgehead atoms. The number of aromatic nitrogens is 2. The van der Waals surface area contributed by atoms with Gasteiger partial charge in [0.05, 0.1) is 18.5 Å². The van der Waals surface area contributed by atoms with E-state index in [0.29, 0.717) is 22.7 Å². The van der Waals surface area contributed by atoms with E-state index < -0.39 is 5.76 Å². The number of carbonyl (C=O) groups is 1. The monoisotopic (exact) mass is 330 g/mol. The summed E-state index contributed by atoms with van der Waals surface area (Å²) in [6.07, 6.45) is 0. The van der Waals surface area contributed by atoms with Gasteiger partial charge in [-0.15, -0.1) is 11.3 Å². The minimum atomic E-state index is -0.552. The first-order valence-electron chi connectivity index (χ1n) is 6.88. The van der Waals surface area contributed by atoms with Crippen molar-refractivity contribution < 1.29 is 14.1 Å². The smallest absolute Gasteiger partial charge is 0.442 e. The molecule has 6 nitrogen and oxygen atoms in total. The Morgan fingerprint density at radius 3 is 2.87 bits per heavy atom. The Morgan fingerprint density at radius 2 is 2.22 bits per heavy atom. The number of nitrogens with zero attached hydrogens (tertiary/aromatic N) is 2. The molecule has 0 radical (unpaired) electrons. The number of hydrogen-bond acceptors (Lipinski definition) is 6. The summed E-state index contributed by atoms with van der Waals surface area (Å²) in [5.74, 6) is 0.453. The van der Waals surface area contributed by atoms with Crippen LogP contribution in [0, 0.1) is 0 Å². The van der Waals surface area contributed by atoms with Gasteiger partial charge in [-0.3, -0.25) is 13.9 Å². The molecule has 0 amide bonds. The number of methoxy groups -OCH3 is 1. The summed E-state index contributed by atoms with van der Waals surface area (Å²) in [7, 11) is 1.54. The topological polar surface area (TPSA) is 74.3 Å². The summed E-state index contributed by atoms with van der Waals surface area (Å²) in [5.41, 5.74) is 1.27. The number of benzene rings is 1. The third-order valence-electron chi connectivity index (χ3n) is 3.44. The van der Waals surface area contributed by atoms with Crippen molar-refractivity contribution in [2.24, 2.45) is 0 Å². The van der Waals surface area contributed by atoms with Crippen LogP contribution in [0.3, 0.4) is 0 Å². The van der Waals surface area contributed by atoms with Crippen LogP contribution in [0.1, 0.15) is 22.8 Å². The van der Waals surface area contributed by atoms with Crippen molar-refractivity contribution in [2.75, 3.05) is 7.11 Å². The predicted molar refractivity (Wildman–Crippen MR) is 86.2 cm³/mol. The Labute approximate surface area is 135 Å². The van der Waals surface area contributed by atoms with Gasteiger partial charge in [0, 0.05) is 11.1 Å². The molecule has 3 aromatic rings. The zero-order chi connectivity index (χ0) is 16.4. The number of rotatable bonds is 5. The fourth-order valence-electron chi connectivity index (χ4n) is 2.28. The van der Waals surface area contributed by atoms with Crippen molar-refractivity contribution in [1.82, 2.24) is 9.72 Å².